The van der Waals surface area contributed by atoms with Crippen LogP contribution in [0.4, 0.5) is 4.39 Å². The normalized spacial score (nSPS) is 18.0. The van der Waals surface area contributed by atoms with E-state index in [2.05, 4.69) is 34.9 Å². The largest absolute Gasteiger partial charge is 0.268 e. The summed E-state index contributed by atoms with van der Waals surface area (Å²) in [4.78, 5) is 0. The zero-order valence-corrected chi connectivity index (χ0v) is 10.8. The van der Waals surface area contributed by atoms with Crippen molar-refractivity contribution in [2.45, 2.75) is 32.2 Å². The quantitative estimate of drug-likeness (QED) is 0.722. The molecule has 16 heavy (non-hydrogen) atoms. The molecule has 0 bridgehead atoms. The molecule has 0 amide bonds. The number of nitrogens with zero attached hydrogens (tertiary/aromatic N) is 2. The van der Waals surface area contributed by atoms with Gasteiger partial charge in [-0.3, -0.25) is 4.68 Å². The second-order valence-corrected chi connectivity index (χ2v) is 5.91. The van der Waals surface area contributed by atoms with Gasteiger partial charge in [-0.25, -0.2) is 4.39 Å². The molecule has 1 aromatic carbocycles. The van der Waals surface area contributed by atoms with Crippen LogP contribution in [-0.4, -0.2) is 9.78 Å². The molecular formula is C12H12BrFN2. The predicted octanol–water partition coefficient (Wildman–Crippen LogP) is 3.62. The van der Waals surface area contributed by atoms with E-state index in [1.807, 2.05) is 10.7 Å². The van der Waals surface area contributed by atoms with Gasteiger partial charge in [0.2, 0.25) is 0 Å². The maximum atomic E-state index is 13.7. The Kier molecular flexibility index (Phi) is 1.97. The van der Waals surface area contributed by atoms with Crippen LogP contribution < -0.4 is 0 Å². The Bertz CT molecular complexity index is 586. The van der Waals surface area contributed by atoms with Crippen LogP contribution in [0.5, 0.6) is 0 Å². The molecule has 0 radical (unpaired) electrons. The molecule has 0 unspecified atom stereocenters. The number of hydrogen-bond acceptors (Lipinski definition) is 1. The monoisotopic (exact) mass is 282 g/mol. The molecule has 1 aliphatic heterocycles. The lowest BCUT2D eigenvalue weighted by molar-refractivity contribution is 0.520. The predicted molar refractivity (Wildman–Crippen MR) is 65.0 cm³/mol. The summed E-state index contributed by atoms with van der Waals surface area (Å²) >= 11 is 3.34. The van der Waals surface area contributed by atoms with Gasteiger partial charge < -0.3 is 0 Å². The van der Waals surface area contributed by atoms with Crippen LogP contribution in [0.15, 0.2) is 16.6 Å². The lowest BCUT2D eigenvalue weighted by atomic mass is 9.87. The highest BCUT2D eigenvalue weighted by Crippen LogP contribution is 2.39. The van der Waals surface area contributed by atoms with E-state index in [9.17, 15) is 4.39 Å². The topological polar surface area (TPSA) is 17.8 Å². The van der Waals surface area contributed by atoms with Crippen LogP contribution in [-0.2, 0) is 12.0 Å². The Morgan fingerprint density at radius 1 is 1.44 bits per heavy atom. The number of aryl methyl sites for hydroxylation is 1. The van der Waals surface area contributed by atoms with Crippen LogP contribution in [0.3, 0.4) is 0 Å². The van der Waals surface area contributed by atoms with Crippen molar-refractivity contribution in [1.29, 1.82) is 0 Å². The first kappa shape index (κ1) is 10.3. The standard InChI is InChI=1S/C12H12BrFN2/c1-12(2)3-4-16-11(12)8-5-7(13)6-9(14)10(8)15-16/h5-6H,3-4H2,1-2H3. The molecule has 4 heteroatoms. The van der Waals surface area contributed by atoms with Crippen molar-refractivity contribution in [3.05, 3.63) is 28.1 Å². The smallest absolute Gasteiger partial charge is 0.152 e. The average Bonchev–Trinajstić information content (AvgIpc) is 2.66. The number of fused-ring (bicyclic) bond motifs is 3. The summed E-state index contributed by atoms with van der Waals surface area (Å²) in [6.07, 6.45) is 1.07. The van der Waals surface area contributed by atoms with E-state index in [0.29, 0.717) is 5.52 Å². The lowest BCUT2D eigenvalue weighted by Gasteiger charge is -2.16. The number of benzene rings is 1. The van der Waals surface area contributed by atoms with Gasteiger partial charge in [-0.2, -0.15) is 5.10 Å². The summed E-state index contributed by atoms with van der Waals surface area (Å²) < 4.78 is 16.5. The van der Waals surface area contributed by atoms with Gasteiger partial charge in [0.15, 0.2) is 5.82 Å². The van der Waals surface area contributed by atoms with Crippen molar-refractivity contribution in [1.82, 2.24) is 9.78 Å². The van der Waals surface area contributed by atoms with Crippen LogP contribution in [0.2, 0.25) is 0 Å². The van der Waals surface area contributed by atoms with Crippen molar-refractivity contribution >= 4 is 26.8 Å². The molecule has 3 rings (SSSR count). The van der Waals surface area contributed by atoms with Crippen molar-refractivity contribution in [3.8, 4) is 0 Å². The fourth-order valence-corrected chi connectivity index (χ4v) is 2.97. The first-order valence-corrected chi connectivity index (χ1v) is 6.14. The maximum Gasteiger partial charge on any atom is 0.152 e. The highest BCUT2D eigenvalue weighted by Gasteiger charge is 2.34. The van der Waals surface area contributed by atoms with Gasteiger partial charge in [0.1, 0.15) is 5.52 Å². The molecule has 2 aromatic rings. The van der Waals surface area contributed by atoms with E-state index in [0.717, 1.165) is 28.5 Å². The Morgan fingerprint density at radius 2 is 2.19 bits per heavy atom. The lowest BCUT2D eigenvalue weighted by Crippen LogP contribution is -2.12. The highest BCUT2D eigenvalue weighted by atomic mass is 79.9. The van der Waals surface area contributed by atoms with E-state index in [-0.39, 0.29) is 11.2 Å². The summed E-state index contributed by atoms with van der Waals surface area (Å²) in [6, 6.07) is 3.43. The first-order chi connectivity index (χ1) is 7.49. The fraction of sp³-hybridized carbons (Fsp3) is 0.417. The average molecular weight is 283 g/mol. The molecule has 1 aliphatic rings. The van der Waals surface area contributed by atoms with Crippen molar-refractivity contribution in [2.24, 2.45) is 0 Å². The summed E-state index contributed by atoms with van der Waals surface area (Å²) in [5.74, 6) is -0.248. The third-order valence-electron chi connectivity index (χ3n) is 3.35. The van der Waals surface area contributed by atoms with E-state index < -0.39 is 0 Å². The van der Waals surface area contributed by atoms with Crippen LogP contribution in [0.1, 0.15) is 26.0 Å². The van der Waals surface area contributed by atoms with Gasteiger partial charge in [-0.15, -0.1) is 0 Å². The van der Waals surface area contributed by atoms with Crippen LogP contribution in [0, 0.1) is 5.82 Å². The molecule has 1 aromatic heterocycles. The maximum absolute atomic E-state index is 13.7. The molecular weight excluding hydrogens is 271 g/mol. The Morgan fingerprint density at radius 3 is 2.94 bits per heavy atom. The summed E-state index contributed by atoms with van der Waals surface area (Å²) in [6.45, 7) is 5.26. The summed E-state index contributed by atoms with van der Waals surface area (Å²) in [5, 5.41) is 5.29. The zero-order valence-electron chi connectivity index (χ0n) is 9.22. The molecule has 0 N–H and O–H groups in total. The van der Waals surface area contributed by atoms with E-state index in [1.165, 1.54) is 6.07 Å². The third-order valence-corrected chi connectivity index (χ3v) is 3.81. The number of rotatable bonds is 0. The summed E-state index contributed by atoms with van der Waals surface area (Å²) in [7, 11) is 0. The SMILES string of the molecule is CC1(C)CCn2nc3c(F)cc(Br)cc3c21. The van der Waals surface area contributed by atoms with Gasteiger partial charge in [0.25, 0.3) is 0 Å². The number of hydrogen-bond donors (Lipinski definition) is 0. The van der Waals surface area contributed by atoms with Gasteiger partial charge in [0, 0.05) is 21.8 Å². The molecule has 2 nitrogen and oxygen atoms in total. The number of aromatic nitrogens is 2. The Labute approximate surface area is 102 Å². The van der Waals surface area contributed by atoms with Crippen LogP contribution in [0.25, 0.3) is 10.9 Å². The van der Waals surface area contributed by atoms with E-state index >= 15 is 0 Å². The number of halogens is 2. The van der Waals surface area contributed by atoms with Gasteiger partial charge in [-0.05, 0) is 18.6 Å². The molecule has 0 spiro atoms. The van der Waals surface area contributed by atoms with Crippen molar-refractivity contribution in [2.75, 3.05) is 0 Å². The minimum Gasteiger partial charge on any atom is -0.268 e. The molecule has 0 saturated heterocycles. The molecule has 0 saturated carbocycles. The fourth-order valence-electron chi connectivity index (χ4n) is 2.54. The molecule has 0 atom stereocenters. The van der Waals surface area contributed by atoms with Crippen molar-refractivity contribution in [3.63, 3.8) is 0 Å². The summed E-state index contributed by atoms with van der Waals surface area (Å²) in [5.41, 5.74) is 1.73. The second kappa shape index (κ2) is 3.06. The second-order valence-electron chi connectivity index (χ2n) is 4.99. The highest BCUT2D eigenvalue weighted by molar-refractivity contribution is 9.10. The molecule has 0 fully saturated rings. The third kappa shape index (κ3) is 1.25. The molecule has 0 aliphatic carbocycles. The van der Waals surface area contributed by atoms with Gasteiger partial charge in [-0.1, -0.05) is 29.8 Å². The van der Waals surface area contributed by atoms with Crippen LogP contribution >= 0.6 is 15.9 Å². The van der Waals surface area contributed by atoms with E-state index in [4.69, 9.17) is 0 Å². The minimum absolute atomic E-state index is 0.0853. The zero-order chi connectivity index (χ0) is 11.5. The molecule has 84 valence electrons. The Hall–Kier alpha value is -0.900. The van der Waals surface area contributed by atoms with Gasteiger partial charge in [0.05, 0.1) is 5.69 Å². The minimum atomic E-state index is -0.248. The van der Waals surface area contributed by atoms with Crippen molar-refractivity contribution < 1.29 is 4.39 Å². The van der Waals surface area contributed by atoms with E-state index in [1.54, 1.807) is 0 Å². The Balaban J connectivity index is 2.43. The molecule has 2 heterocycles. The van der Waals surface area contributed by atoms with Gasteiger partial charge >= 0.3 is 0 Å². The first-order valence-electron chi connectivity index (χ1n) is 5.35.